The molecule has 2 atom stereocenters. The number of carboxylic acids is 1. The third kappa shape index (κ3) is 2.79. The van der Waals surface area contributed by atoms with E-state index in [-0.39, 0.29) is 11.1 Å². The van der Waals surface area contributed by atoms with Crippen molar-refractivity contribution in [1.82, 2.24) is 4.98 Å². The van der Waals surface area contributed by atoms with Crippen LogP contribution in [0.15, 0.2) is 18.3 Å². The van der Waals surface area contributed by atoms with Crippen LogP contribution in [0.25, 0.3) is 0 Å². The molecule has 1 aromatic heterocycles. The highest BCUT2D eigenvalue weighted by atomic mass is 35.5. The van der Waals surface area contributed by atoms with Gasteiger partial charge in [0, 0.05) is 11.9 Å². The number of carbonyl (C=O) groups is 2. The van der Waals surface area contributed by atoms with Gasteiger partial charge in [0.1, 0.15) is 5.15 Å². The summed E-state index contributed by atoms with van der Waals surface area (Å²) in [5.41, 5.74) is 0.538. The molecular weight excluding hydrogens is 256 g/mol. The summed E-state index contributed by atoms with van der Waals surface area (Å²) >= 11 is 5.71. The van der Waals surface area contributed by atoms with E-state index in [9.17, 15) is 9.59 Å². The highest BCUT2D eigenvalue weighted by Gasteiger charge is 2.37. The minimum Gasteiger partial charge on any atom is -0.481 e. The Morgan fingerprint density at radius 2 is 2.11 bits per heavy atom. The van der Waals surface area contributed by atoms with E-state index in [1.807, 2.05) is 0 Å². The maximum Gasteiger partial charge on any atom is 0.307 e. The van der Waals surface area contributed by atoms with Crippen molar-refractivity contribution in [3.05, 3.63) is 23.5 Å². The second-order valence-electron chi connectivity index (χ2n) is 4.34. The Kier molecular flexibility index (Phi) is 3.81. The molecule has 0 unspecified atom stereocenters. The lowest BCUT2D eigenvalue weighted by Gasteiger charge is -2.15. The fraction of sp³-hybridized carbons (Fsp3) is 0.417. The molecule has 1 heterocycles. The first-order valence-electron chi connectivity index (χ1n) is 5.73. The van der Waals surface area contributed by atoms with Gasteiger partial charge in [0.25, 0.3) is 0 Å². The van der Waals surface area contributed by atoms with Gasteiger partial charge >= 0.3 is 5.97 Å². The monoisotopic (exact) mass is 268 g/mol. The molecule has 0 bridgehead atoms. The molecule has 0 saturated heterocycles. The lowest BCUT2D eigenvalue weighted by Crippen LogP contribution is -2.29. The van der Waals surface area contributed by atoms with Gasteiger partial charge in [-0.2, -0.15) is 0 Å². The highest BCUT2D eigenvalue weighted by molar-refractivity contribution is 6.29. The minimum absolute atomic E-state index is 0.262. The molecule has 0 aromatic carbocycles. The number of hydrogen-bond donors (Lipinski definition) is 2. The van der Waals surface area contributed by atoms with E-state index >= 15 is 0 Å². The van der Waals surface area contributed by atoms with Crippen molar-refractivity contribution in [1.29, 1.82) is 0 Å². The molecule has 1 aromatic rings. The quantitative estimate of drug-likeness (QED) is 0.824. The number of hydrogen-bond acceptors (Lipinski definition) is 3. The van der Waals surface area contributed by atoms with Crippen LogP contribution in [0.3, 0.4) is 0 Å². The van der Waals surface area contributed by atoms with Crippen LogP contribution in [0.2, 0.25) is 5.15 Å². The molecule has 0 radical (unpaired) electrons. The third-order valence-corrected chi connectivity index (χ3v) is 3.37. The summed E-state index contributed by atoms with van der Waals surface area (Å²) in [7, 11) is 0. The van der Waals surface area contributed by atoms with Crippen molar-refractivity contribution in [2.75, 3.05) is 5.32 Å². The molecule has 0 spiro atoms. The van der Waals surface area contributed by atoms with Crippen LogP contribution in [0, 0.1) is 11.8 Å². The minimum atomic E-state index is -0.902. The number of nitrogens with one attached hydrogen (secondary N) is 1. The fourth-order valence-electron chi connectivity index (χ4n) is 2.28. The topological polar surface area (TPSA) is 79.3 Å². The molecule has 1 fully saturated rings. The predicted octanol–water partition coefficient (Wildman–Crippen LogP) is 2.17. The molecule has 2 rings (SSSR count). The molecule has 2 N–H and O–H groups in total. The molecule has 0 aliphatic heterocycles. The molecule has 1 saturated carbocycles. The summed E-state index contributed by atoms with van der Waals surface area (Å²) in [6, 6.07) is 3.15. The summed E-state index contributed by atoms with van der Waals surface area (Å²) in [6.07, 6.45) is 3.43. The Balaban J connectivity index is 2.06. The van der Waals surface area contributed by atoms with Gasteiger partial charge in [-0.3, -0.25) is 9.59 Å². The first-order valence-corrected chi connectivity index (χ1v) is 6.11. The van der Waals surface area contributed by atoms with Gasteiger partial charge in [-0.05, 0) is 25.0 Å². The van der Waals surface area contributed by atoms with Gasteiger partial charge in [-0.1, -0.05) is 18.0 Å². The maximum atomic E-state index is 12.0. The number of amides is 1. The maximum absolute atomic E-state index is 12.0. The van der Waals surface area contributed by atoms with E-state index in [1.165, 1.54) is 12.3 Å². The van der Waals surface area contributed by atoms with Crippen LogP contribution >= 0.6 is 11.6 Å². The van der Waals surface area contributed by atoms with Gasteiger partial charge in [0.05, 0.1) is 11.8 Å². The van der Waals surface area contributed by atoms with Crippen LogP contribution in [0.5, 0.6) is 0 Å². The number of halogens is 1. The molecular formula is C12H13ClN2O3. The lowest BCUT2D eigenvalue weighted by molar-refractivity contribution is -0.145. The zero-order valence-electron chi connectivity index (χ0n) is 9.60. The zero-order chi connectivity index (χ0) is 13.1. The van der Waals surface area contributed by atoms with Crippen molar-refractivity contribution < 1.29 is 14.7 Å². The first kappa shape index (κ1) is 12.8. The van der Waals surface area contributed by atoms with Gasteiger partial charge in [-0.25, -0.2) is 4.98 Å². The number of aromatic nitrogens is 1. The standard InChI is InChI=1S/C12H13ClN2O3/c13-10-6-7(4-5-14-10)15-11(16)8-2-1-3-9(8)12(17)18/h4-6,8-9H,1-3H2,(H,17,18)(H,14,15,16)/t8-,9+/m1/s1. The summed E-state index contributed by atoms with van der Waals surface area (Å²) in [5.74, 6) is -2.21. The molecule has 6 heteroatoms. The van der Waals surface area contributed by atoms with Crippen molar-refractivity contribution in [2.24, 2.45) is 11.8 Å². The number of aliphatic carboxylic acids is 1. The van der Waals surface area contributed by atoms with Crippen LogP contribution in [-0.2, 0) is 9.59 Å². The SMILES string of the molecule is O=C(O)[C@H]1CCC[C@H]1C(=O)Nc1ccnc(Cl)c1. The van der Waals surface area contributed by atoms with E-state index in [0.717, 1.165) is 6.42 Å². The third-order valence-electron chi connectivity index (χ3n) is 3.16. The number of anilines is 1. The largest absolute Gasteiger partial charge is 0.481 e. The smallest absolute Gasteiger partial charge is 0.307 e. The number of carbonyl (C=O) groups excluding carboxylic acids is 1. The van der Waals surface area contributed by atoms with E-state index in [1.54, 1.807) is 6.07 Å². The lowest BCUT2D eigenvalue weighted by atomic mass is 9.95. The summed E-state index contributed by atoms with van der Waals surface area (Å²) in [4.78, 5) is 26.8. The molecule has 5 nitrogen and oxygen atoms in total. The fourth-order valence-corrected chi connectivity index (χ4v) is 2.46. The first-order chi connectivity index (χ1) is 8.58. The Hall–Kier alpha value is -1.62. The van der Waals surface area contributed by atoms with Gasteiger partial charge in [0.15, 0.2) is 0 Å². The van der Waals surface area contributed by atoms with Crippen LogP contribution in [0.4, 0.5) is 5.69 Å². The predicted molar refractivity (Wildman–Crippen MR) is 66.3 cm³/mol. The number of rotatable bonds is 3. The number of carboxylic acid groups (broad SMARTS) is 1. The Morgan fingerprint density at radius 1 is 1.39 bits per heavy atom. The average Bonchev–Trinajstić information content (AvgIpc) is 2.77. The Bertz CT molecular complexity index is 478. The number of nitrogens with zero attached hydrogens (tertiary/aromatic N) is 1. The molecule has 1 aliphatic carbocycles. The van der Waals surface area contributed by atoms with E-state index in [4.69, 9.17) is 16.7 Å². The summed E-state index contributed by atoms with van der Waals surface area (Å²) in [5, 5.41) is 12.0. The van der Waals surface area contributed by atoms with Gasteiger partial charge in [-0.15, -0.1) is 0 Å². The van der Waals surface area contributed by atoms with Crippen molar-refractivity contribution >= 4 is 29.2 Å². The molecule has 1 amide bonds. The van der Waals surface area contributed by atoms with Crippen LogP contribution in [0.1, 0.15) is 19.3 Å². The normalized spacial score (nSPS) is 22.7. The van der Waals surface area contributed by atoms with Crippen molar-refractivity contribution in [3.63, 3.8) is 0 Å². The average molecular weight is 269 g/mol. The molecule has 18 heavy (non-hydrogen) atoms. The second-order valence-corrected chi connectivity index (χ2v) is 4.73. The van der Waals surface area contributed by atoms with E-state index in [2.05, 4.69) is 10.3 Å². The van der Waals surface area contributed by atoms with Crippen LogP contribution in [-0.4, -0.2) is 22.0 Å². The van der Waals surface area contributed by atoms with Crippen LogP contribution < -0.4 is 5.32 Å². The van der Waals surface area contributed by atoms with E-state index in [0.29, 0.717) is 18.5 Å². The van der Waals surface area contributed by atoms with Gasteiger partial charge in [0.2, 0.25) is 5.91 Å². The van der Waals surface area contributed by atoms with Crippen molar-refractivity contribution in [2.45, 2.75) is 19.3 Å². The Morgan fingerprint density at radius 3 is 2.78 bits per heavy atom. The zero-order valence-corrected chi connectivity index (χ0v) is 10.4. The highest BCUT2D eigenvalue weighted by Crippen LogP contribution is 2.32. The molecule has 96 valence electrons. The van der Waals surface area contributed by atoms with Crippen molar-refractivity contribution in [3.8, 4) is 0 Å². The Labute approximate surface area is 109 Å². The second kappa shape index (κ2) is 5.35. The number of pyridine rings is 1. The van der Waals surface area contributed by atoms with Gasteiger partial charge < -0.3 is 10.4 Å². The molecule has 1 aliphatic rings. The summed E-state index contributed by atoms with van der Waals surface area (Å²) < 4.78 is 0. The summed E-state index contributed by atoms with van der Waals surface area (Å²) in [6.45, 7) is 0. The van der Waals surface area contributed by atoms with E-state index < -0.39 is 17.8 Å².